The molecule has 0 aromatic rings. The van der Waals surface area contributed by atoms with E-state index in [2.05, 4.69) is 26.1 Å². The summed E-state index contributed by atoms with van der Waals surface area (Å²) in [5.74, 6) is 4.66. The van der Waals surface area contributed by atoms with Crippen LogP contribution in [0.2, 0.25) is 0 Å². The zero-order chi connectivity index (χ0) is 19.8. The van der Waals surface area contributed by atoms with Gasteiger partial charge < -0.3 is 10.4 Å². The normalized spacial score (nSPS) is 46.0. The molecule has 4 rings (SSSR count). The minimum atomic E-state index is 0.216. The molecule has 0 radical (unpaired) electrons. The van der Waals surface area contributed by atoms with Crippen molar-refractivity contribution in [2.45, 2.75) is 85.0 Å². The molecule has 7 atom stereocenters. The molecule has 4 aliphatic rings. The lowest BCUT2D eigenvalue weighted by Crippen LogP contribution is -2.53. The quantitative estimate of drug-likeness (QED) is 0.492. The maximum Gasteiger partial charge on any atom is 0.0555 e. The molecule has 7 unspecified atom stereocenters. The molecule has 160 valence electrons. The van der Waals surface area contributed by atoms with E-state index in [1.54, 1.807) is 0 Å². The molecule has 2 N–H and O–H groups in total. The van der Waals surface area contributed by atoms with Crippen LogP contribution in [-0.4, -0.2) is 37.1 Å². The van der Waals surface area contributed by atoms with Gasteiger partial charge in [-0.05, 0) is 92.8 Å². The molecule has 0 aliphatic heterocycles. The van der Waals surface area contributed by atoms with Crippen molar-refractivity contribution < 1.29 is 5.11 Å². The molecule has 0 spiro atoms. The van der Waals surface area contributed by atoms with E-state index in [0.717, 1.165) is 36.8 Å². The van der Waals surface area contributed by atoms with Crippen LogP contribution < -0.4 is 5.32 Å². The molecule has 3 nitrogen and oxygen atoms in total. The summed E-state index contributed by atoms with van der Waals surface area (Å²) in [4.78, 5) is 4.97. The van der Waals surface area contributed by atoms with Crippen LogP contribution in [0.15, 0.2) is 4.99 Å². The molecule has 0 aromatic carbocycles. The summed E-state index contributed by atoms with van der Waals surface area (Å²) >= 11 is 0. The lowest BCUT2D eigenvalue weighted by Gasteiger charge is -2.60. The van der Waals surface area contributed by atoms with Crippen LogP contribution >= 0.6 is 0 Å². The Labute approximate surface area is 173 Å². The monoisotopic (exact) mass is 388 g/mol. The minimum Gasteiger partial charge on any atom is -0.395 e. The van der Waals surface area contributed by atoms with Crippen molar-refractivity contribution in [3.05, 3.63) is 0 Å². The third-order valence-electron chi connectivity index (χ3n) is 10.0. The van der Waals surface area contributed by atoms with Gasteiger partial charge in [0.15, 0.2) is 0 Å². The van der Waals surface area contributed by atoms with Crippen LogP contribution in [0.5, 0.6) is 0 Å². The van der Waals surface area contributed by atoms with E-state index in [9.17, 15) is 0 Å². The van der Waals surface area contributed by atoms with Crippen molar-refractivity contribution in [1.82, 2.24) is 5.32 Å². The second-order valence-corrected chi connectivity index (χ2v) is 11.1. The minimum absolute atomic E-state index is 0.216. The fourth-order valence-corrected chi connectivity index (χ4v) is 8.61. The van der Waals surface area contributed by atoms with Gasteiger partial charge in [0.25, 0.3) is 0 Å². The molecule has 4 aliphatic carbocycles. The van der Waals surface area contributed by atoms with Crippen molar-refractivity contribution in [3.63, 3.8) is 0 Å². The van der Waals surface area contributed by atoms with Gasteiger partial charge in [-0.1, -0.05) is 26.7 Å². The number of rotatable bonds is 6. The predicted molar refractivity (Wildman–Crippen MR) is 118 cm³/mol. The summed E-state index contributed by atoms with van der Waals surface area (Å²) in [6, 6.07) is 0. The number of nitrogens with one attached hydrogen (secondary N) is 1. The van der Waals surface area contributed by atoms with Crippen molar-refractivity contribution in [2.24, 2.45) is 45.4 Å². The Kier molecular flexibility index (Phi) is 6.24. The van der Waals surface area contributed by atoms with Gasteiger partial charge in [-0.15, -0.1) is 0 Å². The Hall–Kier alpha value is -0.410. The van der Waals surface area contributed by atoms with E-state index < -0.39 is 0 Å². The summed E-state index contributed by atoms with van der Waals surface area (Å²) in [7, 11) is 0. The first-order chi connectivity index (χ1) is 13.5. The van der Waals surface area contributed by atoms with Crippen LogP contribution in [0.3, 0.4) is 0 Å². The highest BCUT2D eigenvalue weighted by Gasteiger charge is 2.59. The highest BCUT2D eigenvalue weighted by atomic mass is 16.3. The van der Waals surface area contributed by atoms with Crippen LogP contribution in [-0.2, 0) is 0 Å². The third-order valence-corrected chi connectivity index (χ3v) is 10.0. The zero-order valence-electron chi connectivity index (χ0n) is 18.7. The number of hydrogen-bond acceptors (Lipinski definition) is 3. The molecular weight excluding hydrogens is 344 g/mol. The summed E-state index contributed by atoms with van der Waals surface area (Å²) in [5.41, 5.74) is 2.56. The Morgan fingerprint density at radius 1 is 0.929 bits per heavy atom. The fraction of sp³-hybridized carbons (Fsp3) is 0.960. The largest absolute Gasteiger partial charge is 0.395 e. The van der Waals surface area contributed by atoms with Gasteiger partial charge in [-0.2, -0.15) is 0 Å². The van der Waals surface area contributed by atoms with Gasteiger partial charge in [0.05, 0.1) is 13.2 Å². The average Bonchev–Trinajstić information content (AvgIpc) is 3.04. The van der Waals surface area contributed by atoms with Gasteiger partial charge in [0.2, 0.25) is 0 Å². The summed E-state index contributed by atoms with van der Waals surface area (Å²) < 4.78 is 0. The number of fused-ring (bicyclic) bond motifs is 5. The molecule has 0 bridgehead atoms. The van der Waals surface area contributed by atoms with Gasteiger partial charge in [-0.25, -0.2) is 0 Å². The number of hydrogen-bond donors (Lipinski definition) is 2. The Balaban J connectivity index is 1.45. The van der Waals surface area contributed by atoms with E-state index in [4.69, 9.17) is 10.1 Å². The molecule has 4 saturated carbocycles. The summed E-state index contributed by atoms with van der Waals surface area (Å²) in [6.45, 7) is 10.3. The molecular formula is C25H44N2O. The van der Waals surface area contributed by atoms with Crippen LogP contribution in [0.25, 0.3) is 0 Å². The lowest BCUT2D eigenvalue weighted by atomic mass is 9.45. The van der Waals surface area contributed by atoms with Crippen LogP contribution in [0.4, 0.5) is 0 Å². The third kappa shape index (κ3) is 3.49. The predicted octanol–water partition coefficient (Wildman–Crippen LogP) is 5.08. The van der Waals surface area contributed by atoms with E-state index in [0.29, 0.717) is 23.3 Å². The maximum atomic E-state index is 8.90. The molecule has 3 heteroatoms. The van der Waals surface area contributed by atoms with Gasteiger partial charge in [0, 0.05) is 24.7 Å². The molecule has 0 aromatic heterocycles. The number of nitrogens with zero attached hydrogens (tertiary/aromatic N) is 1. The smallest absolute Gasteiger partial charge is 0.0555 e. The molecule has 0 amide bonds. The Morgan fingerprint density at radius 3 is 2.57 bits per heavy atom. The maximum absolute atomic E-state index is 8.90. The van der Waals surface area contributed by atoms with E-state index >= 15 is 0 Å². The van der Waals surface area contributed by atoms with E-state index in [1.807, 2.05) is 0 Å². The van der Waals surface area contributed by atoms with Crippen molar-refractivity contribution in [3.8, 4) is 0 Å². The van der Waals surface area contributed by atoms with Crippen molar-refractivity contribution >= 4 is 5.71 Å². The zero-order valence-corrected chi connectivity index (χ0v) is 18.7. The first-order valence-electron chi connectivity index (χ1n) is 12.3. The number of aliphatic hydroxyl groups is 1. The molecule has 4 fully saturated rings. The van der Waals surface area contributed by atoms with Gasteiger partial charge in [0.1, 0.15) is 0 Å². The second kappa shape index (κ2) is 8.38. The van der Waals surface area contributed by atoms with Gasteiger partial charge >= 0.3 is 0 Å². The van der Waals surface area contributed by atoms with E-state index in [1.165, 1.54) is 69.9 Å². The summed E-state index contributed by atoms with van der Waals surface area (Å²) in [5, 5.41) is 12.2. The average molecular weight is 389 g/mol. The lowest BCUT2D eigenvalue weighted by molar-refractivity contribution is -0.106. The van der Waals surface area contributed by atoms with E-state index in [-0.39, 0.29) is 6.61 Å². The first-order valence-corrected chi connectivity index (χ1v) is 12.3. The van der Waals surface area contributed by atoms with Crippen molar-refractivity contribution in [2.75, 3.05) is 26.2 Å². The van der Waals surface area contributed by atoms with Crippen molar-refractivity contribution in [1.29, 1.82) is 0 Å². The standard InChI is InChI=1S/C25H44N2O/c1-18(27-15-14-26-16-17-28)21-9-10-22-20-8-7-19-6-4-5-12-24(19,2)23(20)11-13-25(21,22)3/h19-23,26,28H,4-17H2,1-3H3. The Bertz CT molecular complexity index is 575. The molecule has 0 saturated heterocycles. The highest BCUT2D eigenvalue weighted by molar-refractivity contribution is 5.85. The molecule has 0 heterocycles. The summed E-state index contributed by atoms with van der Waals surface area (Å²) in [6.07, 6.45) is 14.7. The SMILES string of the molecule is CC(=NCCNCCO)C1CCC2C3CCC4CCCCC4(C)C3CCC12C. The number of aliphatic hydroxyl groups excluding tert-OH is 1. The van der Waals surface area contributed by atoms with Crippen LogP contribution in [0, 0.1) is 40.4 Å². The topological polar surface area (TPSA) is 44.6 Å². The number of aliphatic imine (C=N–C) groups is 1. The highest BCUT2D eigenvalue weighted by Crippen LogP contribution is 2.67. The van der Waals surface area contributed by atoms with Crippen LogP contribution in [0.1, 0.15) is 85.0 Å². The Morgan fingerprint density at radius 2 is 1.75 bits per heavy atom. The first kappa shape index (κ1) is 20.8. The second-order valence-electron chi connectivity index (χ2n) is 11.1. The fourth-order valence-electron chi connectivity index (χ4n) is 8.61. The molecule has 28 heavy (non-hydrogen) atoms. The van der Waals surface area contributed by atoms with Gasteiger partial charge in [-0.3, -0.25) is 4.99 Å².